The minimum absolute atomic E-state index is 0.143. The van der Waals surface area contributed by atoms with Gasteiger partial charge in [0.2, 0.25) is 11.8 Å². The number of nitrogens with zero attached hydrogens (tertiary/aromatic N) is 2. The van der Waals surface area contributed by atoms with Crippen LogP contribution < -0.4 is 11.1 Å². The second kappa shape index (κ2) is 9.16. The van der Waals surface area contributed by atoms with Crippen LogP contribution >= 0.6 is 34.9 Å². The number of thioether (sulfide) groups is 2. The van der Waals surface area contributed by atoms with E-state index in [1.165, 1.54) is 47.0 Å². The van der Waals surface area contributed by atoms with Crippen LogP contribution in [0.3, 0.4) is 0 Å². The van der Waals surface area contributed by atoms with E-state index in [0.717, 1.165) is 5.56 Å². The minimum atomic E-state index is -0.420. The number of carbonyl (C=O) groups is 2. The van der Waals surface area contributed by atoms with E-state index < -0.39 is 5.91 Å². The number of primary amides is 1. The molecule has 0 spiro atoms. The van der Waals surface area contributed by atoms with Crippen LogP contribution in [0.5, 0.6) is 0 Å². The molecule has 1 aromatic heterocycles. The number of carbonyl (C=O) groups excluding carboxylic acids is 2. The van der Waals surface area contributed by atoms with E-state index in [1.807, 2.05) is 6.92 Å². The van der Waals surface area contributed by atoms with E-state index in [9.17, 15) is 14.0 Å². The van der Waals surface area contributed by atoms with Gasteiger partial charge in [0.15, 0.2) is 8.68 Å². The summed E-state index contributed by atoms with van der Waals surface area (Å²) in [4.78, 5) is 23.1. The predicted octanol–water partition coefficient (Wildman–Crippen LogP) is 2.61. The molecule has 0 aliphatic carbocycles. The molecule has 10 heteroatoms. The van der Waals surface area contributed by atoms with Crippen LogP contribution in [0.4, 0.5) is 4.39 Å². The van der Waals surface area contributed by atoms with Crippen LogP contribution in [0.15, 0.2) is 32.9 Å². The number of hydrogen-bond donors (Lipinski definition) is 2. The Bertz CT molecular complexity index is 739. The third-order valence-corrected chi connectivity index (χ3v) is 6.36. The van der Waals surface area contributed by atoms with Crippen molar-refractivity contribution in [2.45, 2.75) is 33.8 Å². The summed E-state index contributed by atoms with van der Waals surface area (Å²) < 4.78 is 14.2. The monoisotopic (exact) mass is 400 g/mol. The van der Waals surface area contributed by atoms with E-state index in [0.29, 0.717) is 8.68 Å². The Labute approximate surface area is 157 Å². The highest BCUT2D eigenvalue weighted by Crippen LogP contribution is 2.31. The fourth-order valence-electron chi connectivity index (χ4n) is 1.81. The van der Waals surface area contributed by atoms with E-state index in [2.05, 4.69) is 15.5 Å². The molecule has 0 fully saturated rings. The number of aromatic nitrogens is 2. The molecule has 1 aromatic carbocycles. The van der Waals surface area contributed by atoms with E-state index in [1.54, 1.807) is 19.1 Å². The molecule has 0 unspecified atom stereocenters. The molecule has 0 saturated heterocycles. The Kier molecular flexibility index (Phi) is 7.21. The summed E-state index contributed by atoms with van der Waals surface area (Å²) >= 11 is 3.82. The van der Waals surface area contributed by atoms with Crippen molar-refractivity contribution in [3.8, 4) is 0 Å². The van der Waals surface area contributed by atoms with Crippen LogP contribution in [0.25, 0.3) is 0 Å². The summed E-state index contributed by atoms with van der Waals surface area (Å²) in [6.45, 7) is 3.61. The molecule has 1 heterocycles. The SMILES string of the molecule is C[C@@H](Sc1nnc(SCC(N)=O)s1)C(=O)N[C@H](C)c1ccc(F)cc1. The minimum Gasteiger partial charge on any atom is -0.369 e. The first-order valence-electron chi connectivity index (χ1n) is 7.32. The number of rotatable bonds is 8. The summed E-state index contributed by atoms with van der Waals surface area (Å²) in [5.74, 6) is -0.738. The summed E-state index contributed by atoms with van der Waals surface area (Å²) in [7, 11) is 0. The van der Waals surface area contributed by atoms with Gasteiger partial charge in [-0.3, -0.25) is 9.59 Å². The largest absolute Gasteiger partial charge is 0.369 e. The van der Waals surface area contributed by atoms with Gasteiger partial charge in [-0.05, 0) is 31.5 Å². The third-order valence-electron chi connectivity index (χ3n) is 3.10. The first kappa shape index (κ1) is 19.7. The first-order valence-corrected chi connectivity index (χ1v) is 10.0. The Morgan fingerprint density at radius 1 is 1.24 bits per heavy atom. The van der Waals surface area contributed by atoms with Crippen molar-refractivity contribution in [1.82, 2.24) is 15.5 Å². The molecular formula is C15H17FN4O2S3. The van der Waals surface area contributed by atoms with Crippen LogP contribution in [0.1, 0.15) is 25.5 Å². The van der Waals surface area contributed by atoms with Gasteiger partial charge in [0.1, 0.15) is 5.82 Å². The van der Waals surface area contributed by atoms with Gasteiger partial charge in [-0.2, -0.15) is 0 Å². The number of nitrogens with one attached hydrogen (secondary N) is 1. The molecule has 0 aliphatic rings. The van der Waals surface area contributed by atoms with Crippen molar-refractivity contribution < 1.29 is 14.0 Å². The molecule has 25 heavy (non-hydrogen) atoms. The maximum Gasteiger partial charge on any atom is 0.233 e. The number of hydrogen-bond acceptors (Lipinski definition) is 7. The lowest BCUT2D eigenvalue weighted by molar-refractivity contribution is -0.121. The standard InChI is InChI=1S/C15H17FN4O2S3/c1-8(10-3-5-11(16)6-4-10)18-13(22)9(2)24-15-20-19-14(25-15)23-7-12(17)21/h3-6,8-9H,7H2,1-2H3,(H2,17,21)(H,18,22)/t8-,9-/m1/s1. The lowest BCUT2D eigenvalue weighted by atomic mass is 10.1. The van der Waals surface area contributed by atoms with Crippen molar-refractivity contribution in [2.24, 2.45) is 5.73 Å². The lowest BCUT2D eigenvalue weighted by Crippen LogP contribution is -2.33. The summed E-state index contributed by atoms with van der Waals surface area (Å²) in [6, 6.07) is 5.79. The molecule has 0 radical (unpaired) electrons. The second-order valence-electron chi connectivity index (χ2n) is 5.13. The van der Waals surface area contributed by atoms with Crippen molar-refractivity contribution in [3.63, 3.8) is 0 Å². The zero-order valence-electron chi connectivity index (χ0n) is 13.6. The van der Waals surface area contributed by atoms with Gasteiger partial charge in [-0.15, -0.1) is 10.2 Å². The van der Waals surface area contributed by atoms with E-state index in [4.69, 9.17) is 5.73 Å². The highest BCUT2D eigenvalue weighted by molar-refractivity contribution is 8.04. The number of benzene rings is 1. The molecule has 2 amide bonds. The number of nitrogens with two attached hydrogens (primary N) is 1. The lowest BCUT2D eigenvalue weighted by Gasteiger charge is -2.17. The molecular weight excluding hydrogens is 383 g/mol. The van der Waals surface area contributed by atoms with Gasteiger partial charge in [-0.25, -0.2) is 4.39 Å². The van der Waals surface area contributed by atoms with Crippen LogP contribution in [0, 0.1) is 5.82 Å². The van der Waals surface area contributed by atoms with Crippen molar-refractivity contribution in [2.75, 3.05) is 5.75 Å². The summed E-state index contributed by atoms with van der Waals surface area (Å²) in [6.07, 6.45) is 0. The first-order chi connectivity index (χ1) is 11.8. The summed E-state index contributed by atoms with van der Waals surface area (Å²) in [5.41, 5.74) is 5.91. The van der Waals surface area contributed by atoms with Crippen molar-refractivity contribution in [3.05, 3.63) is 35.6 Å². The highest BCUT2D eigenvalue weighted by atomic mass is 32.2. The Hall–Kier alpha value is -1.65. The Morgan fingerprint density at radius 3 is 2.52 bits per heavy atom. The van der Waals surface area contributed by atoms with E-state index >= 15 is 0 Å². The van der Waals surface area contributed by atoms with Crippen molar-refractivity contribution in [1.29, 1.82) is 0 Å². The van der Waals surface area contributed by atoms with Crippen LogP contribution in [0.2, 0.25) is 0 Å². The third kappa shape index (κ3) is 6.29. The van der Waals surface area contributed by atoms with Gasteiger partial charge < -0.3 is 11.1 Å². The maximum atomic E-state index is 13.0. The second-order valence-corrected chi connectivity index (χ2v) is 8.92. The number of amides is 2. The Balaban J connectivity index is 1.87. The predicted molar refractivity (Wildman–Crippen MR) is 98.1 cm³/mol. The maximum absolute atomic E-state index is 13.0. The topological polar surface area (TPSA) is 98.0 Å². The van der Waals surface area contributed by atoms with Gasteiger partial charge in [0, 0.05) is 0 Å². The average Bonchev–Trinajstić information content (AvgIpc) is 3.00. The molecule has 0 aliphatic heterocycles. The van der Waals surface area contributed by atoms with Crippen LogP contribution in [-0.4, -0.2) is 33.0 Å². The average molecular weight is 401 g/mol. The van der Waals surface area contributed by atoms with Crippen molar-refractivity contribution >= 4 is 46.7 Å². The van der Waals surface area contributed by atoms with Gasteiger partial charge in [0.25, 0.3) is 0 Å². The molecule has 0 saturated carbocycles. The normalized spacial score (nSPS) is 13.2. The quantitative estimate of drug-likeness (QED) is 0.661. The van der Waals surface area contributed by atoms with Gasteiger partial charge in [0.05, 0.1) is 17.0 Å². The zero-order chi connectivity index (χ0) is 18.4. The molecule has 0 bridgehead atoms. The fraction of sp³-hybridized carbons (Fsp3) is 0.333. The smallest absolute Gasteiger partial charge is 0.233 e. The highest BCUT2D eigenvalue weighted by Gasteiger charge is 2.19. The molecule has 2 rings (SSSR count). The molecule has 6 nitrogen and oxygen atoms in total. The fourth-order valence-corrected chi connectivity index (χ4v) is 4.72. The van der Waals surface area contributed by atoms with Gasteiger partial charge in [-0.1, -0.05) is 47.0 Å². The van der Waals surface area contributed by atoms with E-state index in [-0.39, 0.29) is 28.8 Å². The van der Waals surface area contributed by atoms with Gasteiger partial charge >= 0.3 is 0 Å². The molecule has 3 N–H and O–H groups in total. The molecule has 2 atom stereocenters. The zero-order valence-corrected chi connectivity index (χ0v) is 16.0. The van der Waals surface area contributed by atoms with Crippen LogP contribution in [-0.2, 0) is 9.59 Å². The summed E-state index contributed by atoms with van der Waals surface area (Å²) in [5, 5.41) is 10.5. The number of halogens is 1. The Morgan fingerprint density at radius 2 is 1.88 bits per heavy atom. The molecule has 134 valence electrons. The molecule has 2 aromatic rings.